The molecule has 1 aliphatic rings. The molecule has 0 unspecified atom stereocenters. The predicted molar refractivity (Wildman–Crippen MR) is 146 cm³/mol. The van der Waals surface area contributed by atoms with E-state index in [4.69, 9.17) is 42.2 Å². The van der Waals surface area contributed by atoms with Crippen LogP contribution in [0.1, 0.15) is 20.7 Å². The highest BCUT2D eigenvalue weighted by molar-refractivity contribution is 14.2. The van der Waals surface area contributed by atoms with E-state index in [9.17, 15) is 9.59 Å². The van der Waals surface area contributed by atoms with Gasteiger partial charge in [-0.05, 0) is 12.1 Å². The van der Waals surface area contributed by atoms with Gasteiger partial charge in [0.05, 0.1) is 126 Å². The van der Waals surface area contributed by atoms with E-state index in [2.05, 4.69) is 21.2 Å². The number of fused-ring (bicyclic) bond motifs is 1. The second-order valence-electron chi connectivity index (χ2n) is 7.46. The van der Waals surface area contributed by atoms with Crippen LogP contribution in [0.2, 0.25) is 0 Å². The van der Waals surface area contributed by atoms with Gasteiger partial charge in [-0.25, -0.2) is 0 Å². The molecule has 1 aliphatic heterocycles. The van der Waals surface area contributed by atoms with Gasteiger partial charge in [0.25, 0.3) is 11.8 Å². The molecular formula is C24H36INO11S. The van der Waals surface area contributed by atoms with Gasteiger partial charge < -0.3 is 37.3 Å². The van der Waals surface area contributed by atoms with E-state index in [0.29, 0.717) is 104 Å². The molecule has 0 bridgehead atoms. The Bertz CT molecular complexity index is 742. The zero-order valence-corrected chi connectivity index (χ0v) is 24.3. The van der Waals surface area contributed by atoms with Gasteiger partial charge in [0.1, 0.15) is 0 Å². The van der Waals surface area contributed by atoms with Gasteiger partial charge in [0, 0.05) is 21.2 Å². The zero-order chi connectivity index (χ0) is 27.1. The zero-order valence-electron chi connectivity index (χ0n) is 21.3. The monoisotopic (exact) mass is 673 g/mol. The summed E-state index contributed by atoms with van der Waals surface area (Å²) in [5.41, 5.74) is 0.691. The molecule has 216 valence electrons. The van der Waals surface area contributed by atoms with Crippen molar-refractivity contribution >= 4 is 42.2 Å². The van der Waals surface area contributed by atoms with E-state index < -0.39 is 11.8 Å². The molecule has 0 aliphatic carbocycles. The molecule has 2 rings (SSSR count). The summed E-state index contributed by atoms with van der Waals surface area (Å²) in [6, 6.07) is 6.61. The Kier molecular flexibility index (Phi) is 20.0. The summed E-state index contributed by atoms with van der Waals surface area (Å²) in [6.45, 7) is 7.11. The minimum atomic E-state index is -0.459. The van der Waals surface area contributed by atoms with Crippen molar-refractivity contribution in [1.29, 1.82) is 0 Å². The van der Waals surface area contributed by atoms with Crippen molar-refractivity contribution in [3.8, 4) is 0 Å². The number of ether oxygens (including phenoxy) is 7. The first-order valence-corrected chi connectivity index (χ1v) is 15.6. The van der Waals surface area contributed by atoms with Crippen molar-refractivity contribution in [3.05, 3.63) is 35.4 Å². The molecule has 1 aromatic rings. The Labute approximate surface area is 239 Å². The number of hydroxylamine groups is 2. The number of benzene rings is 1. The summed E-state index contributed by atoms with van der Waals surface area (Å²) >= 11 is 2.06. The molecular weight excluding hydrogens is 637 g/mol. The van der Waals surface area contributed by atoms with E-state index >= 15 is 0 Å². The minimum Gasteiger partial charge on any atom is -0.377 e. The lowest BCUT2D eigenvalue weighted by Gasteiger charge is -2.13. The normalized spacial score (nSPS) is 13.0. The summed E-state index contributed by atoms with van der Waals surface area (Å²) in [7, 11) is 1.30. The molecule has 0 saturated carbocycles. The number of rotatable bonds is 26. The molecule has 38 heavy (non-hydrogen) atoms. The van der Waals surface area contributed by atoms with Crippen molar-refractivity contribution in [3.63, 3.8) is 0 Å². The van der Waals surface area contributed by atoms with Crippen molar-refractivity contribution in [1.82, 2.24) is 5.06 Å². The molecule has 0 aromatic heterocycles. The molecule has 0 radical (unpaired) electrons. The third-order valence-corrected chi connectivity index (χ3v) is 5.81. The average Bonchev–Trinajstić information content (AvgIpc) is 3.18. The summed E-state index contributed by atoms with van der Waals surface area (Å²) < 4.78 is 42.9. The first-order valence-electron chi connectivity index (χ1n) is 12.3. The Balaban J connectivity index is 1.24. The first-order chi connectivity index (χ1) is 18.8. The largest absolute Gasteiger partial charge is 0.377 e. The highest BCUT2D eigenvalue weighted by atomic mass is 127. The Morgan fingerprint density at radius 1 is 0.526 bits per heavy atom. The van der Waals surface area contributed by atoms with Crippen LogP contribution in [0.3, 0.4) is 0 Å². The maximum Gasteiger partial charge on any atom is 0.285 e. The molecule has 1 heterocycles. The number of nitrogens with zero attached hydrogens (tertiary/aromatic N) is 1. The van der Waals surface area contributed by atoms with Crippen molar-refractivity contribution in [2.24, 2.45) is 0 Å². The highest BCUT2D eigenvalue weighted by Crippen LogP contribution is 2.22. The summed E-state index contributed by atoms with van der Waals surface area (Å²) in [5.74, 6) is -0.917. The van der Waals surface area contributed by atoms with Crippen LogP contribution in [-0.2, 0) is 42.2 Å². The lowest BCUT2D eigenvalue weighted by molar-refractivity contribution is -0.108. The van der Waals surface area contributed by atoms with E-state index in [-0.39, 0.29) is 13.2 Å². The molecule has 14 heteroatoms. The second-order valence-corrected chi connectivity index (χ2v) is 8.90. The molecule has 2 amide bonds. The van der Waals surface area contributed by atoms with E-state index in [1.54, 1.807) is 24.3 Å². The second kappa shape index (κ2) is 22.9. The van der Waals surface area contributed by atoms with Gasteiger partial charge in [0.15, 0.2) is 0 Å². The molecule has 0 atom stereocenters. The van der Waals surface area contributed by atoms with E-state index in [1.807, 2.05) is 0 Å². The lowest BCUT2D eigenvalue weighted by atomic mass is 10.1. The van der Waals surface area contributed by atoms with Crippen LogP contribution in [0.5, 0.6) is 0 Å². The van der Waals surface area contributed by atoms with Gasteiger partial charge in [0.2, 0.25) is 0 Å². The van der Waals surface area contributed by atoms with Crippen LogP contribution in [0, 0.1) is 0 Å². The maximum atomic E-state index is 12.2. The third kappa shape index (κ3) is 14.5. The predicted octanol–water partition coefficient (Wildman–Crippen LogP) is 2.35. The SMILES string of the molecule is O=C1c2ccccc2C(=O)N1OCCOCCOCCOCCOCCOCCOCCOCCOSI. The van der Waals surface area contributed by atoms with Crippen molar-refractivity contribution < 1.29 is 51.8 Å². The molecule has 0 fully saturated rings. The minimum absolute atomic E-state index is 0.0812. The van der Waals surface area contributed by atoms with Crippen LogP contribution >= 0.6 is 30.4 Å². The molecule has 0 saturated heterocycles. The highest BCUT2D eigenvalue weighted by Gasteiger charge is 2.36. The maximum absolute atomic E-state index is 12.2. The molecule has 1 aromatic carbocycles. The quantitative estimate of drug-likeness (QED) is 0.0622. The summed E-state index contributed by atoms with van der Waals surface area (Å²) in [6.07, 6.45) is 0. The van der Waals surface area contributed by atoms with Crippen molar-refractivity contribution in [2.75, 3.05) is 106 Å². The Morgan fingerprint density at radius 3 is 1.18 bits per heavy atom. The fraction of sp³-hybridized carbons (Fsp3) is 0.667. The summed E-state index contributed by atoms with van der Waals surface area (Å²) in [4.78, 5) is 29.6. The van der Waals surface area contributed by atoms with Crippen LogP contribution in [0.15, 0.2) is 24.3 Å². The van der Waals surface area contributed by atoms with Crippen LogP contribution < -0.4 is 0 Å². The Hall–Kier alpha value is -0.920. The number of carbonyl (C=O) groups excluding carboxylic acids is 2. The Morgan fingerprint density at radius 2 is 0.842 bits per heavy atom. The van der Waals surface area contributed by atoms with Crippen molar-refractivity contribution in [2.45, 2.75) is 0 Å². The van der Waals surface area contributed by atoms with Gasteiger partial charge in [-0.15, -0.1) is 5.06 Å². The van der Waals surface area contributed by atoms with Gasteiger partial charge in [-0.2, -0.15) is 0 Å². The lowest BCUT2D eigenvalue weighted by Crippen LogP contribution is -2.31. The number of carbonyl (C=O) groups is 2. The fourth-order valence-corrected chi connectivity index (χ4v) is 3.69. The smallest absolute Gasteiger partial charge is 0.285 e. The number of imide groups is 1. The van der Waals surface area contributed by atoms with Gasteiger partial charge in [-0.3, -0.25) is 14.4 Å². The molecule has 0 spiro atoms. The van der Waals surface area contributed by atoms with Gasteiger partial charge >= 0.3 is 0 Å². The molecule has 0 N–H and O–H groups in total. The average molecular weight is 674 g/mol. The van der Waals surface area contributed by atoms with E-state index in [0.717, 1.165) is 5.06 Å². The number of hydrogen-bond acceptors (Lipinski definition) is 12. The topological polar surface area (TPSA) is 120 Å². The number of halogens is 1. The number of amides is 2. The molecule has 12 nitrogen and oxygen atoms in total. The van der Waals surface area contributed by atoms with Gasteiger partial charge in [-0.1, -0.05) is 12.1 Å². The number of hydrogen-bond donors (Lipinski definition) is 0. The fourth-order valence-electron chi connectivity index (χ4n) is 3.02. The third-order valence-electron chi connectivity index (χ3n) is 4.79. The standard InChI is InChI=1S/C24H36INO11S/c25-38-37-20-18-35-16-14-33-12-10-31-8-6-29-5-7-30-9-11-32-13-15-34-17-19-36-26-23(27)21-3-1-2-4-22(21)24(26)28/h1-4H,5-20H2. The van der Waals surface area contributed by atoms with Crippen LogP contribution in [0.4, 0.5) is 0 Å². The van der Waals surface area contributed by atoms with Crippen LogP contribution in [0.25, 0.3) is 0 Å². The summed E-state index contributed by atoms with van der Waals surface area (Å²) in [5, 5.41) is 0.777. The van der Waals surface area contributed by atoms with E-state index in [1.165, 1.54) is 9.21 Å². The van der Waals surface area contributed by atoms with Crippen LogP contribution in [-0.4, -0.2) is 123 Å². The first kappa shape index (κ1) is 33.3.